The zero-order valence-corrected chi connectivity index (χ0v) is 12.7. The number of allylic oxidation sites excluding steroid dienone is 1. The lowest BCUT2D eigenvalue weighted by molar-refractivity contribution is 0.140. The van der Waals surface area contributed by atoms with Crippen LogP contribution in [-0.2, 0) is 11.3 Å². The molecule has 1 aromatic rings. The summed E-state index contributed by atoms with van der Waals surface area (Å²) >= 11 is 0. The van der Waals surface area contributed by atoms with Crippen molar-refractivity contribution < 1.29 is 9.53 Å². The van der Waals surface area contributed by atoms with Crippen molar-refractivity contribution >= 4 is 6.09 Å². The van der Waals surface area contributed by atoms with Gasteiger partial charge in [-0.05, 0) is 23.8 Å². The molecule has 0 aromatic heterocycles. The molecule has 0 radical (unpaired) electrons. The van der Waals surface area contributed by atoms with E-state index in [-0.39, 0.29) is 6.09 Å². The van der Waals surface area contributed by atoms with Crippen LogP contribution in [0.5, 0.6) is 0 Å². The first-order valence-corrected chi connectivity index (χ1v) is 7.07. The molecule has 0 bridgehead atoms. The van der Waals surface area contributed by atoms with E-state index in [0.717, 1.165) is 18.4 Å². The SMILES string of the molecule is CC(C)(C)CC/C=C\CNC(=O)OCc1ccccc1. The van der Waals surface area contributed by atoms with Crippen LogP contribution in [0.4, 0.5) is 4.79 Å². The van der Waals surface area contributed by atoms with Crippen LogP contribution in [0.25, 0.3) is 0 Å². The molecule has 0 spiro atoms. The number of alkyl carbamates (subject to hydrolysis) is 1. The Labute approximate surface area is 122 Å². The molecule has 3 heteroatoms. The van der Waals surface area contributed by atoms with Gasteiger partial charge in [0.1, 0.15) is 6.61 Å². The lowest BCUT2D eigenvalue weighted by atomic mass is 9.90. The number of ether oxygens (including phenoxy) is 1. The number of carbonyl (C=O) groups is 1. The van der Waals surface area contributed by atoms with Crippen LogP contribution < -0.4 is 5.32 Å². The Morgan fingerprint density at radius 1 is 1.20 bits per heavy atom. The van der Waals surface area contributed by atoms with Gasteiger partial charge in [-0.2, -0.15) is 0 Å². The fraction of sp³-hybridized carbons (Fsp3) is 0.471. The third-order valence-corrected chi connectivity index (χ3v) is 2.80. The molecule has 0 unspecified atom stereocenters. The highest BCUT2D eigenvalue weighted by atomic mass is 16.5. The summed E-state index contributed by atoms with van der Waals surface area (Å²) in [7, 11) is 0. The molecule has 0 atom stereocenters. The third kappa shape index (κ3) is 8.35. The molecule has 1 N–H and O–H groups in total. The maximum atomic E-state index is 11.4. The van der Waals surface area contributed by atoms with E-state index in [1.165, 1.54) is 0 Å². The average molecular weight is 275 g/mol. The van der Waals surface area contributed by atoms with E-state index < -0.39 is 0 Å². The molecule has 0 heterocycles. The number of carbonyl (C=O) groups excluding carboxylic acids is 1. The normalized spacial score (nSPS) is 11.6. The summed E-state index contributed by atoms with van der Waals surface area (Å²) in [6.45, 7) is 7.48. The molecule has 20 heavy (non-hydrogen) atoms. The summed E-state index contributed by atoms with van der Waals surface area (Å²) in [6, 6.07) is 9.65. The molecule has 0 saturated carbocycles. The Hall–Kier alpha value is -1.77. The predicted octanol–water partition coefficient (Wildman–Crippen LogP) is 4.30. The zero-order chi connectivity index (χ0) is 14.8. The molecule has 0 fully saturated rings. The number of nitrogens with one attached hydrogen (secondary N) is 1. The van der Waals surface area contributed by atoms with Gasteiger partial charge in [0, 0.05) is 6.54 Å². The molecule has 1 rings (SSSR count). The molecule has 1 aromatic carbocycles. The Kier molecular flexibility index (Phi) is 6.85. The highest BCUT2D eigenvalue weighted by Crippen LogP contribution is 2.20. The summed E-state index contributed by atoms with van der Waals surface area (Å²) in [6.07, 6.45) is 5.86. The van der Waals surface area contributed by atoms with Crippen molar-refractivity contribution in [1.82, 2.24) is 5.32 Å². The van der Waals surface area contributed by atoms with E-state index in [0.29, 0.717) is 18.6 Å². The molecule has 0 aliphatic carbocycles. The van der Waals surface area contributed by atoms with E-state index in [4.69, 9.17) is 4.74 Å². The van der Waals surface area contributed by atoms with Crippen LogP contribution in [0.1, 0.15) is 39.2 Å². The third-order valence-electron chi connectivity index (χ3n) is 2.80. The first-order chi connectivity index (χ1) is 9.47. The van der Waals surface area contributed by atoms with Crippen molar-refractivity contribution in [3.05, 3.63) is 48.0 Å². The molecule has 3 nitrogen and oxygen atoms in total. The van der Waals surface area contributed by atoms with Gasteiger partial charge in [-0.25, -0.2) is 4.79 Å². The number of amides is 1. The fourth-order valence-electron chi connectivity index (χ4n) is 1.63. The highest BCUT2D eigenvalue weighted by molar-refractivity contribution is 5.67. The van der Waals surface area contributed by atoms with Gasteiger partial charge in [-0.3, -0.25) is 0 Å². The molecule has 0 saturated heterocycles. The highest BCUT2D eigenvalue weighted by Gasteiger charge is 2.07. The van der Waals surface area contributed by atoms with Crippen molar-refractivity contribution in [2.45, 2.75) is 40.2 Å². The second kappa shape index (κ2) is 8.41. The Morgan fingerprint density at radius 3 is 2.55 bits per heavy atom. The van der Waals surface area contributed by atoms with Crippen LogP contribution in [0.3, 0.4) is 0 Å². The molecule has 1 amide bonds. The average Bonchev–Trinajstić information content (AvgIpc) is 2.40. The van der Waals surface area contributed by atoms with Crippen LogP contribution in [-0.4, -0.2) is 12.6 Å². The summed E-state index contributed by atoms with van der Waals surface area (Å²) < 4.78 is 5.10. The van der Waals surface area contributed by atoms with Gasteiger partial charge in [0.15, 0.2) is 0 Å². The first kappa shape index (κ1) is 16.3. The van der Waals surface area contributed by atoms with Crippen LogP contribution in [0, 0.1) is 5.41 Å². The first-order valence-electron chi connectivity index (χ1n) is 7.07. The maximum Gasteiger partial charge on any atom is 0.407 e. The quantitative estimate of drug-likeness (QED) is 0.786. The lowest BCUT2D eigenvalue weighted by Crippen LogP contribution is -2.24. The van der Waals surface area contributed by atoms with E-state index in [1.54, 1.807) is 0 Å². The number of rotatable bonds is 6. The van der Waals surface area contributed by atoms with Gasteiger partial charge >= 0.3 is 6.09 Å². The standard InChI is InChI=1S/C17H25NO2/c1-17(2,3)12-8-5-9-13-18-16(19)20-14-15-10-6-4-7-11-15/h4-7,9-11H,8,12-14H2,1-3H3,(H,18,19)/b9-5-. The van der Waals surface area contributed by atoms with E-state index in [1.807, 2.05) is 36.4 Å². The van der Waals surface area contributed by atoms with E-state index in [2.05, 4.69) is 32.2 Å². The lowest BCUT2D eigenvalue weighted by Gasteiger charge is -2.15. The van der Waals surface area contributed by atoms with Gasteiger partial charge in [0.05, 0.1) is 0 Å². The molecular formula is C17H25NO2. The van der Waals surface area contributed by atoms with Gasteiger partial charge in [-0.1, -0.05) is 63.3 Å². The van der Waals surface area contributed by atoms with E-state index >= 15 is 0 Å². The summed E-state index contributed by atoms with van der Waals surface area (Å²) in [5.74, 6) is 0. The molecular weight excluding hydrogens is 250 g/mol. The van der Waals surface area contributed by atoms with Crippen LogP contribution in [0.2, 0.25) is 0 Å². The van der Waals surface area contributed by atoms with E-state index in [9.17, 15) is 4.79 Å². The minimum atomic E-state index is -0.380. The Morgan fingerprint density at radius 2 is 1.90 bits per heavy atom. The van der Waals surface area contributed by atoms with Gasteiger partial charge in [0.2, 0.25) is 0 Å². The smallest absolute Gasteiger partial charge is 0.407 e. The minimum Gasteiger partial charge on any atom is -0.445 e. The Bertz CT molecular complexity index is 418. The molecule has 0 aliphatic heterocycles. The number of hydrogen-bond acceptors (Lipinski definition) is 2. The van der Waals surface area contributed by atoms with Crippen LogP contribution in [0.15, 0.2) is 42.5 Å². The van der Waals surface area contributed by atoms with Crippen LogP contribution >= 0.6 is 0 Å². The number of hydrogen-bond donors (Lipinski definition) is 1. The topological polar surface area (TPSA) is 38.3 Å². The summed E-state index contributed by atoms with van der Waals surface area (Å²) in [5, 5.41) is 2.70. The zero-order valence-electron chi connectivity index (χ0n) is 12.7. The second-order valence-corrected chi connectivity index (χ2v) is 6.01. The van der Waals surface area contributed by atoms with Crippen molar-refractivity contribution in [3.63, 3.8) is 0 Å². The van der Waals surface area contributed by atoms with Crippen molar-refractivity contribution in [3.8, 4) is 0 Å². The minimum absolute atomic E-state index is 0.306. The molecule has 0 aliphatic rings. The monoisotopic (exact) mass is 275 g/mol. The number of benzene rings is 1. The Balaban J connectivity index is 2.10. The fourth-order valence-corrected chi connectivity index (χ4v) is 1.63. The maximum absolute atomic E-state index is 11.4. The van der Waals surface area contributed by atoms with Crippen molar-refractivity contribution in [1.29, 1.82) is 0 Å². The summed E-state index contributed by atoms with van der Waals surface area (Å²) in [5.41, 5.74) is 1.34. The largest absolute Gasteiger partial charge is 0.445 e. The molecule has 110 valence electrons. The van der Waals surface area contributed by atoms with Crippen molar-refractivity contribution in [2.24, 2.45) is 5.41 Å². The summed E-state index contributed by atoms with van der Waals surface area (Å²) in [4.78, 5) is 11.4. The van der Waals surface area contributed by atoms with Gasteiger partial charge < -0.3 is 10.1 Å². The predicted molar refractivity (Wildman–Crippen MR) is 82.5 cm³/mol. The van der Waals surface area contributed by atoms with Gasteiger partial charge in [-0.15, -0.1) is 0 Å². The van der Waals surface area contributed by atoms with Crippen molar-refractivity contribution in [2.75, 3.05) is 6.54 Å². The second-order valence-electron chi connectivity index (χ2n) is 6.01. The van der Waals surface area contributed by atoms with Gasteiger partial charge in [0.25, 0.3) is 0 Å².